The van der Waals surface area contributed by atoms with Crippen molar-refractivity contribution in [2.24, 2.45) is 11.3 Å². The van der Waals surface area contributed by atoms with E-state index >= 15 is 0 Å². The number of pyridine rings is 1. The van der Waals surface area contributed by atoms with Crippen LogP contribution in [-0.4, -0.2) is 47.3 Å². The summed E-state index contributed by atoms with van der Waals surface area (Å²) in [5.41, 5.74) is -0.695. The van der Waals surface area contributed by atoms with Crippen LogP contribution >= 0.6 is 0 Å². The smallest absolute Gasteiger partial charge is 0.240 e. The minimum Gasteiger partial charge on any atom is -0.493 e. The van der Waals surface area contributed by atoms with Crippen molar-refractivity contribution in [1.29, 1.82) is 0 Å². The lowest BCUT2D eigenvalue weighted by atomic mass is 9.88. The van der Waals surface area contributed by atoms with E-state index in [0.29, 0.717) is 72.9 Å². The molecule has 5 rings (SSSR count). The molecule has 2 atom stereocenters. The highest BCUT2D eigenvalue weighted by molar-refractivity contribution is 6.13. The molecule has 47 heavy (non-hydrogen) atoms. The van der Waals surface area contributed by atoms with Crippen LogP contribution in [0.1, 0.15) is 65.7 Å². The molecule has 0 aliphatic heterocycles. The van der Waals surface area contributed by atoms with Crippen molar-refractivity contribution in [3.8, 4) is 17.2 Å². The molecule has 2 aromatic carbocycles. The van der Waals surface area contributed by atoms with Gasteiger partial charge in [0, 0.05) is 35.3 Å². The molecule has 0 saturated heterocycles. The molecular formula is C37H44FN3O6. The van der Waals surface area contributed by atoms with Gasteiger partial charge in [0.25, 0.3) is 0 Å². The molecule has 10 heteroatoms. The van der Waals surface area contributed by atoms with Crippen molar-refractivity contribution in [2.45, 2.75) is 77.4 Å². The summed E-state index contributed by atoms with van der Waals surface area (Å²) >= 11 is 0. The molecule has 2 amide bonds. The first-order chi connectivity index (χ1) is 22.5. The predicted molar refractivity (Wildman–Crippen MR) is 179 cm³/mol. The predicted octanol–water partition coefficient (Wildman–Crippen LogP) is 6.86. The van der Waals surface area contributed by atoms with E-state index in [4.69, 9.17) is 14.2 Å². The Hall–Kier alpha value is -4.44. The minimum absolute atomic E-state index is 0.0348. The molecule has 2 aliphatic rings. The lowest BCUT2D eigenvalue weighted by molar-refractivity contribution is -0.135. The summed E-state index contributed by atoms with van der Waals surface area (Å²) in [7, 11) is 1.59. The molecule has 0 spiro atoms. The van der Waals surface area contributed by atoms with E-state index in [1.807, 2.05) is 24.3 Å². The van der Waals surface area contributed by atoms with Crippen LogP contribution in [0.25, 0.3) is 10.9 Å². The second-order valence-corrected chi connectivity index (χ2v) is 13.0. The number of carbonyl (C=O) groups is 2. The Labute approximate surface area is 275 Å². The van der Waals surface area contributed by atoms with Crippen molar-refractivity contribution in [2.75, 3.05) is 19.0 Å². The maximum absolute atomic E-state index is 13.4. The third-order valence-electron chi connectivity index (χ3n) is 8.66. The lowest BCUT2D eigenvalue weighted by Gasteiger charge is -2.28. The maximum atomic E-state index is 13.4. The first-order valence-electron chi connectivity index (χ1n) is 16.3. The largest absolute Gasteiger partial charge is 0.493 e. The Kier molecular flexibility index (Phi) is 10.5. The highest BCUT2D eigenvalue weighted by Gasteiger charge is 2.57. The van der Waals surface area contributed by atoms with Gasteiger partial charge in [-0.05, 0) is 101 Å². The number of aliphatic hydroxyl groups is 1. The quantitative estimate of drug-likeness (QED) is 0.122. The molecule has 250 valence electrons. The number of hydrogen-bond acceptors (Lipinski definition) is 7. The number of nitrogens with zero attached hydrogens (tertiary/aromatic N) is 1. The average molecular weight is 646 g/mol. The maximum Gasteiger partial charge on any atom is 0.240 e. The van der Waals surface area contributed by atoms with Gasteiger partial charge in [-0.2, -0.15) is 0 Å². The van der Waals surface area contributed by atoms with E-state index in [9.17, 15) is 19.1 Å². The van der Waals surface area contributed by atoms with Crippen molar-refractivity contribution in [1.82, 2.24) is 10.3 Å². The van der Waals surface area contributed by atoms with E-state index in [1.165, 1.54) is 24.3 Å². The fourth-order valence-electron chi connectivity index (χ4n) is 5.77. The Balaban J connectivity index is 1.22. The summed E-state index contributed by atoms with van der Waals surface area (Å²) in [6.45, 7) is 6.06. The molecule has 0 radical (unpaired) electrons. The molecule has 1 saturated carbocycles. The zero-order valence-corrected chi connectivity index (χ0v) is 27.5. The Bertz CT molecular complexity index is 1640. The number of rotatable bonds is 15. The molecule has 2 unspecified atom stereocenters. The summed E-state index contributed by atoms with van der Waals surface area (Å²) in [6, 6.07) is 10.9. The van der Waals surface area contributed by atoms with Gasteiger partial charge in [0.05, 0.1) is 24.8 Å². The van der Waals surface area contributed by atoms with E-state index in [0.717, 1.165) is 18.2 Å². The van der Waals surface area contributed by atoms with E-state index < -0.39 is 16.8 Å². The van der Waals surface area contributed by atoms with Gasteiger partial charge in [-0.3, -0.25) is 14.6 Å². The number of allylic oxidation sites excluding steroid dienone is 2. The molecule has 1 heterocycles. The van der Waals surface area contributed by atoms with Crippen LogP contribution in [0.3, 0.4) is 0 Å². The van der Waals surface area contributed by atoms with E-state index in [-0.39, 0.29) is 23.8 Å². The van der Waals surface area contributed by atoms with Crippen molar-refractivity contribution < 1.29 is 33.3 Å². The monoisotopic (exact) mass is 645 g/mol. The van der Waals surface area contributed by atoms with Crippen LogP contribution in [-0.2, 0) is 9.59 Å². The number of benzene rings is 2. The molecular weight excluding hydrogens is 601 g/mol. The second-order valence-electron chi connectivity index (χ2n) is 13.0. The SMILES string of the molecule is CCCC(NC(=O)C1(C(=O)Nc2ccc(F)cc2)CC1)C1C=CC(Oc2ccnc3cc(OCCCC(C)(C)O)c(OC)cc23)=CC1. The van der Waals surface area contributed by atoms with Gasteiger partial charge in [-0.15, -0.1) is 0 Å². The first kappa shape index (κ1) is 33.9. The molecule has 3 N–H and O–H groups in total. The van der Waals surface area contributed by atoms with Gasteiger partial charge in [0.1, 0.15) is 22.7 Å². The van der Waals surface area contributed by atoms with Gasteiger partial charge in [0.15, 0.2) is 11.5 Å². The number of carbonyl (C=O) groups excluding carboxylic acids is 2. The molecule has 0 bridgehead atoms. The van der Waals surface area contributed by atoms with Crippen LogP contribution in [0, 0.1) is 17.2 Å². The summed E-state index contributed by atoms with van der Waals surface area (Å²) in [5.74, 6) is 1.44. The number of anilines is 1. The summed E-state index contributed by atoms with van der Waals surface area (Å²) in [4.78, 5) is 31.0. The highest BCUT2D eigenvalue weighted by atomic mass is 19.1. The summed E-state index contributed by atoms with van der Waals surface area (Å²) < 4.78 is 31.2. The van der Waals surface area contributed by atoms with E-state index in [1.54, 1.807) is 33.2 Å². The van der Waals surface area contributed by atoms with Gasteiger partial charge in [0.2, 0.25) is 11.8 Å². The van der Waals surface area contributed by atoms with Gasteiger partial charge in [-0.25, -0.2) is 4.39 Å². The summed E-state index contributed by atoms with van der Waals surface area (Å²) in [5, 5.41) is 16.7. The lowest BCUT2D eigenvalue weighted by Crippen LogP contribution is -2.47. The third kappa shape index (κ3) is 8.48. The van der Waals surface area contributed by atoms with Gasteiger partial charge >= 0.3 is 0 Å². The Morgan fingerprint density at radius 3 is 2.51 bits per heavy atom. The number of nitrogens with one attached hydrogen (secondary N) is 2. The topological polar surface area (TPSA) is 119 Å². The first-order valence-corrected chi connectivity index (χ1v) is 16.3. The fourth-order valence-corrected chi connectivity index (χ4v) is 5.77. The number of amides is 2. The molecule has 9 nitrogen and oxygen atoms in total. The zero-order valence-electron chi connectivity index (χ0n) is 27.5. The number of hydrogen-bond donors (Lipinski definition) is 3. The fraction of sp³-hybridized carbons (Fsp3) is 0.432. The standard InChI is InChI=1S/C37H44FN3O6/c1-5-7-29(41-35(43)37(18-19-37)34(42)40-26-12-10-25(38)11-13-26)24-8-14-27(15-9-24)47-31-16-20-39-30-23-33(32(45-4)22-28(30)31)46-21-6-17-36(2,3)44/h8,10-16,20,22-24,29,44H,5-7,9,17-19,21H2,1-4H3,(H,40,42)(H,41,43). The van der Waals surface area contributed by atoms with Crippen molar-refractivity contribution in [3.63, 3.8) is 0 Å². The number of halogens is 1. The minimum atomic E-state index is -1.10. The third-order valence-corrected chi connectivity index (χ3v) is 8.66. The van der Waals surface area contributed by atoms with Crippen LogP contribution in [0.2, 0.25) is 0 Å². The number of fused-ring (bicyclic) bond motifs is 1. The highest BCUT2D eigenvalue weighted by Crippen LogP contribution is 2.47. The van der Waals surface area contributed by atoms with Crippen LogP contribution in [0.4, 0.5) is 10.1 Å². The number of methoxy groups -OCH3 is 1. The Morgan fingerprint density at radius 2 is 1.87 bits per heavy atom. The van der Waals surface area contributed by atoms with Gasteiger partial charge < -0.3 is 30.0 Å². The number of aromatic nitrogens is 1. The van der Waals surface area contributed by atoms with Crippen LogP contribution in [0.5, 0.6) is 17.2 Å². The number of ether oxygens (including phenoxy) is 3. The van der Waals surface area contributed by atoms with Crippen LogP contribution < -0.4 is 24.8 Å². The zero-order chi connectivity index (χ0) is 33.6. The molecule has 1 aromatic heterocycles. The van der Waals surface area contributed by atoms with Crippen LogP contribution in [0.15, 0.2) is 72.6 Å². The molecule has 2 aliphatic carbocycles. The Morgan fingerprint density at radius 1 is 1.11 bits per heavy atom. The van der Waals surface area contributed by atoms with Crippen molar-refractivity contribution >= 4 is 28.4 Å². The molecule has 3 aromatic rings. The molecule has 1 fully saturated rings. The average Bonchev–Trinajstić information content (AvgIpc) is 3.86. The van der Waals surface area contributed by atoms with Crippen molar-refractivity contribution in [3.05, 3.63) is 78.5 Å². The summed E-state index contributed by atoms with van der Waals surface area (Å²) in [6.07, 6.45) is 12.2. The van der Waals surface area contributed by atoms with Gasteiger partial charge in [-0.1, -0.05) is 19.4 Å². The normalized spacial score (nSPS) is 17.4. The second kappa shape index (κ2) is 14.5. The van der Waals surface area contributed by atoms with E-state index in [2.05, 4.69) is 28.6 Å².